The van der Waals surface area contributed by atoms with Crippen LogP contribution in [0.15, 0.2) is 66.9 Å². The summed E-state index contributed by atoms with van der Waals surface area (Å²) in [6, 6.07) is 17.3. The van der Waals surface area contributed by atoms with E-state index in [0.717, 1.165) is 17.5 Å². The lowest BCUT2D eigenvalue weighted by molar-refractivity contribution is -0.119. The average Bonchev–Trinajstić information content (AvgIpc) is 3.35. The minimum atomic E-state index is -1.08. The van der Waals surface area contributed by atoms with E-state index in [9.17, 15) is 14.4 Å². The van der Waals surface area contributed by atoms with Crippen molar-refractivity contribution in [3.63, 3.8) is 0 Å². The molecule has 0 aliphatic carbocycles. The van der Waals surface area contributed by atoms with Crippen LogP contribution >= 0.6 is 0 Å². The van der Waals surface area contributed by atoms with E-state index in [2.05, 4.69) is 29.5 Å². The molecule has 1 aliphatic rings. The van der Waals surface area contributed by atoms with Crippen molar-refractivity contribution in [3.8, 4) is 11.1 Å². The van der Waals surface area contributed by atoms with Gasteiger partial charge in [0.2, 0.25) is 5.91 Å². The molecule has 2 aromatic carbocycles. The lowest BCUT2D eigenvalue weighted by atomic mass is 10.0. The van der Waals surface area contributed by atoms with Gasteiger partial charge in [0.15, 0.2) is 0 Å². The van der Waals surface area contributed by atoms with Crippen LogP contribution in [0.5, 0.6) is 0 Å². The number of nitrogens with one attached hydrogen (secondary N) is 2. The third-order valence-corrected chi connectivity index (χ3v) is 6.11. The molecule has 1 atom stereocenters. The summed E-state index contributed by atoms with van der Waals surface area (Å²) in [5, 5.41) is 14.8. The summed E-state index contributed by atoms with van der Waals surface area (Å²) >= 11 is 0. The number of amides is 3. The van der Waals surface area contributed by atoms with E-state index in [1.165, 1.54) is 17.8 Å². The van der Waals surface area contributed by atoms with Gasteiger partial charge in [0, 0.05) is 29.7 Å². The quantitative estimate of drug-likeness (QED) is 0.456. The van der Waals surface area contributed by atoms with Gasteiger partial charge in [0.05, 0.1) is 0 Å². The normalized spacial score (nSPS) is 15.2. The molecular weight excluding hydrogens is 444 g/mol. The van der Waals surface area contributed by atoms with E-state index in [4.69, 9.17) is 5.11 Å². The maximum Gasteiger partial charge on any atom is 0.354 e. The van der Waals surface area contributed by atoms with Crippen LogP contribution in [0, 0.1) is 0 Å². The summed E-state index contributed by atoms with van der Waals surface area (Å²) < 4.78 is 0. The Morgan fingerprint density at radius 2 is 1.54 bits per heavy atom. The molecular formula is C27H28N4O4. The van der Waals surface area contributed by atoms with Crippen molar-refractivity contribution in [3.05, 3.63) is 78.1 Å². The van der Waals surface area contributed by atoms with Gasteiger partial charge in [-0.25, -0.2) is 14.6 Å². The van der Waals surface area contributed by atoms with Crippen LogP contribution in [-0.4, -0.2) is 45.5 Å². The van der Waals surface area contributed by atoms with Crippen LogP contribution in [0.4, 0.5) is 16.2 Å². The largest absolute Gasteiger partial charge is 0.477 e. The van der Waals surface area contributed by atoms with Gasteiger partial charge in [-0.1, -0.05) is 44.2 Å². The number of carbonyl (C=O) groups excluding carboxylic acids is 2. The van der Waals surface area contributed by atoms with E-state index in [-0.39, 0.29) is 17.6 Å². The highest BCUT2D eigenvalue weighted by Crippen LogP contribution is 2.24. The molecule has 35 heavy (non-hydrogen) atoms. The van der Waals surface area contributed by atoms with Crippen LogP contribution in [0.25, 0.3) is 11.1 Å². The van der Waals surface area contributed by atoms with Crippen molar-refractivity contribution in [2.75, 3.05) is 17.2 Å². The smallest absolute Gasteiger partial charge is 0.354 e. The molecule has 1 saturated heterocycles. The number of pyridine rings is 1. The Morgan fingerprint density at radius 1 is 0.914 bits per heavy atom. The lowest BCUT2D eigenvalue weighted by Crippen LogP contribution is -2.45. The number of nitrogens with zero attached hydrogens (tertiary/aromatic N) is 2. The van der Waals surface area contributed by atoms with Gasteiger partial charge in [-0.3, -0.25) is 4.79 Å². The van der Waals surface area contributed by atoms with E-state index in [1.54, 1.807) is 23.1 Å². The van der Waals surface area contributed by atoms with Crippen LogP contribution < -0.4 is 10.6 Å². The van der Waals surface area contributed by atoms with Gasteiger partial charge in [-0.15, -0.1) is 0 Å². The summed E-state index contributed by atoms with van der Waals surface area (Å²) in [6.07, 6.45) is 2.86. The first-order chi connectivity index (χ1) is 16.8. The molecule has 1 unspecified atom stereocenters. The van der Waals surface area contributed by atoms with E-state index in [1.807, 2.05) is 36.4 Å². The average molecular weight is 473 g/mol. The van der Waals surface area contributed by atoms with Crippen molar-refractivity contribution in [1.29, 1.82) is 0 Å². The molecule has 8 heteroatoms. The summed E-state index contributed by atoms with van der Waals surface area (Å²) in [5.41, 5.74) is 4.11. The Bertz CT molecular complexity index is 1210. The zero-order valence-corrected chi connectivity index (χ0v) is 19.7. The van der Waals surface area contributed by atoms with Crippen LogP contribution in [0.3, 0.4) is 0 Å². The second-order valence-electron chi connectivity index (χ2n) is 8.86. The summed E-state index contributed by atoms with van der Waals surface area (Å²) in [5.74, 6) is -0.893. The fourth-order valence-electron chi connectivity index (χ4n) is 4.09. The predicted octanol–water partition coefficient (Wildman–Crippen LogP) is 5.21. The van der Waals surface area contributed by atoms with Crippen LogP contribution in [0.2, 0.25) is 0 Å². The zero-order valence-electron chi connectivity index (χ0n) is 19.7. The zero-order chi connectivity index (χ0) is 24.9. The molecule has 1 fully saturated rings. The number of benzene rings is 2. The maximum atomic E-state index is 13.0. The molecule has 1 aliphatic heterocycles. The first kappa shape index (κ1) is 23.9. The van der Waals surface area contributed by atoms with Crippen molar-refractivity contribution in [2.24, 2.45) is 0 Å². The Morgan fingerprint density at radius 3 is 2.14 bits per heavy atom. The van der Waals surface area contributed by atoms with E-state index >= 15 is 0 Å². The number of aromatic nitrogens is 1. The Hall–Kier alpha value is -4.20. The van der Waals surface area contributed by atoms with Gasteiger partial charge in [-0.05, 0) is 60.2 Å². The fraction of sp³-hybridized carbons (Fsp3) is 0.259. The number of hydrogen-bond donors (Lipinski definition) is 3. The third-order valence-electron chi connectivity index (χ3n) is 6.11. The molecule has 2 heterocycles. The molecule has 0 bridgehead atoms. The van der Waals surface area contributed by atoms with Crippen LogP contribution in [-0.2, 0) is 4.79 Å². The summed E-state index contributed by atoms with van der Waals surface area (Å²) in [4.78, 5) is 42.3. The highest BCUT2D eigenvalue weighted by atomic mass is 16.4. The molecule has 0 spiro atoms. The van der Waals surface area contributed by atoms with Crippen molar-refractivity contribution in [2.45, 2.75) is 38.6 Å². The topological polar surface area (TPSA) is 112 Å². The SMILES string of the molecule is CC(C)c1ccc(NC(=O)N2CCCC2C(=O)Nc2ccc(-c3ccc(C(=O)O)nc3)cc2)cc1. The number of hydrogen-bond acceptors (Lipinski definition) is 4. The number of carboxylic acids is 1. The van der Waals surface area contributed by atoms with Gasteiger partial charge in [-0.2, -0.15) is 0 Å². The molecule has 0 saturated carbocycles. The molecule has 3 N–H and O–H groups in total. The number of anilines is 2. The number of urea groups is 1. The third kappa shape index (κ3) is 5.66. The Kier molecular flexibility index (Phi) is 7.10. The molecule has 4 rings (SSSR count). The first-order valence-corrected chi connectivity index (χ1v) is 11.6. The van der Waals surface area contributed by atoms with Crippen molar-refractivity contribution < 1.29 is 19.5 Å². The maximum absolute atomic E-state index is 13.0. The summed E-state index contributed by atoms with van der Waals surface area (Å²) in [7, 11) is 0. The lowest BCUT2D eigenvalue weighted by Gasteiger charge is -2.24. The number of carbonyl (C=O) groups is 3. The number of carboxylic acid groups (broad SMARTS) is 1. The van der Waals surface area contributed by atoms with Gasteiger partial charge < -0.3 is 20.6 Å². The Labute approximate surface area is 204 Å². The second kappa shape index (κ2) is 10.4. The van der Waals surface area contributed by atoms with Gasteiger partial charge >= 0.3 is 12.0 Å². The summed E-state index contributed by atoms with van der Waals surface area (Å²) in [6.45, 7) is 4.75. The molecule has 8 nitrogen and oxygen atoms in total. The number of aromatic carboxylic acids is 1. The molecule has 3 aromatic rings. The monoisotopic (exact) mass is 472 g/mol. The molecule has 180 valence electrons. The second-order valence-corrected chi connectivity index (χ2v) is 8.86. The fourth-order valence-corrected chi connectivity index (χ4v) is 4.09. The van der Waals surface area contributed by atoms with Crippen molar-refractivity contribution >= 4 is 29.3 Å². The van der Waals surface area contributed by atoms with E-state index in [0.29, 0.717) is 30.3 Å². The minimum absolute atomic E-state index is 0.0182. The highest BCUT2D eigenvalue weighted by molar-refractivity contribution is 5.99. The highest BCUT2D eigenvalue weighted by Gasteiger charge is 2.34. The Balaban J connectivity index is 1.37. The number of likely N-dealkylation sites (tertiary alicyclic amines) is 1. The van der Waals surface area contributed by atoms with E-state index < -0.39 is 12.0 Å². The number of rotatable bonds is 6. The first-order valence-electron chi connectivity index (χ1n) is 11.6. The predicted molar refractivity (Wildman–Crippen MR) is 135 cm³/mol. The standard InChI is InChI=1S/C27H28N4O4/c1-17(2)18-5-10-22(11-6-18)30-27(35)31-15-3-4-24(31)25(32)29-21-12-7-19(8-13-21)20-9-14-23(26(33)34)28-16-20/h5-14,16-17,24H,3-4,15H2,1-2H3,(H,29,32)(H,30,35)(H,33,34). The molecule has 0 radical (unpaired) electrons. The molecule has 3 amide bonds. The van der Waals surface area contributed by atoms with Gasteiger partial charge in [0.25, 0.3) is 0 Å². The van der Waals surface area contributed by atoms with Crippen LogP contribution in [0.1, 0.15) is 48.7 Å². The minimum Gasteiger partial charge on any atom is -0.477 e. The van der Waals surface area contributed by atoms with Gasteiger partial charge in [0.1, 0.15) is 11.7 Å². The van der Waals surface area contributed by atoms with Crippen molar-refractivity contribution in [1.82, 2.24) is 9.88 Å². The molecule has 1 aromatic heterocycles.